The summed E-state index contributed by atoms with van der Waals surface area (Å²) >= 11 is 0. The van der Waals surface area contributed by atoms with E-state index in [1.807, 2.05) is 20.8 Å². The molecule has 14 N–H and O–H groups in total. The summed E-state index contributed by atoms with van der Waals surface area (Å²) in [6.45, 7) is 6.44. The van der Waals surface area contributed by atoms with Gasteiger partial charge in [0.25, 0.3) is 0 Å². The number of ether oxygens (including phenoxy) is 7. The Labute approximate surface area is 383 Å². The topological polar surface area (TPSA) is 348 Å². The van der Waals surface area contributed by atoms with Gasteiger partial charge in [0, 0.05) is 24.2 Å². The van der Waals surface area contributed by atoms with Gasteiger partial charge >= 0.3 is 0 Å². The van der Waals surface area contributed by atoms with Crippen LogP contribution in [0.1, 0.15) is 72.6 Å². The summed E-state index contributed by atoms with van der Waals surface area (Å²) in [5.74, 6) is -2.09. The summed E-state index contributed by atoms with van der Waals surface area (Å²) in [6, 6.07) is 0. The van der Waals surface area contributed by atoms with Crippen LogP contribution >= 0.6 is 0 Å². The Morgan fingerprint density at radius 1 is 0.712 bits per heavy atom. The number of aliphatic hydroxyl groups excluding tert-OH is 13. The Kier molecular flexibility index (Phi) is 15.1. The van der Waals surface area contributed by atoms with Crippen LogP contribution in [-0.4, -0.2) is 220 Å². The SMILES string of the molecule is CC(CCC1(O)OC2CC3C4CC=C5CC(OC6OC(COC7OC(CO)C(O)C(O)C7O)C(O)C(O)C6O)CC(O)C5(C)C4C(O)CC3(C)C2C1C)COC1OC(CO)C(O)C(O)C1O. The second kappa shape index (κ2) is 19.5. The highest BCUT2D eigenvalue weighted by Gasteiger charge is 2.70. The molecule has 0 amide bonds. The van der Waals surface area contributed by atoms with Gasteiger partial charge in [0.2, 0.25) is 0 Å². The zero-order valence-corrected chi connectivity index (χ0v) is 37.9. The fourth-order valence-electron chi connectivity index (χ4n) is 13.6. The van der Waals surface area contributed by atoms with Gasteiger partial charge in [-0.15, -0.1) is 0 Å². The third kappa shape index (κ3) is 8.76. The predicted octanol–water partition coefficient (Wildman–Crippen LogP) is -3.92. The Bertz CT molecular complexity index is 1690. The van der Waals surface area contributed by atoms with Gasteiger partial charge in [0.1, 0.15) is 73.2 Å². The second-order valence-corrected chi connectivity index (χ2v) is 21.3. The maximum atomic E-state index is 12.2. The molecule has 0 bridgehead atoms. The van der Waals surface area contributed by atoms with Crippen molar-refractivity contribution in [3.63, 3.8) is 0 Å². The number of allylic oxidation sites excluding steroid dienone is 1. The minimum Gasteiger partial charge on any atom is -0.394 e. The average Bonchev–Trinajstić information content (AvgIpc) is 3.71. The molecular weight excluding hydrogens is 876 g/mol. The monoisotopic (exact) mass is 950 g/mol. The predicted molar refractivity (Wildman–Crippen MR) is 222 cm³/mol. The first kappa shape index (κ1) is 51.3. The summed E-state index contributed by atoms with van der Waals surface area (Å²) in [6.07, 6.45) is -20.2. The van der Waals surface area contributed by atoms with Gasteiger partial charge in [-0.3, -0.25) is 0 Å². The lowest BCUT2D eigenvalue weighted by molar-refractivity contribution is -0.337. The highest BCUT2D eigenvalue weighted by Crippen LogP contribution is 2.70. The van der Waals surface area contributed by atoms with E-state index in [2.05, 4.69) is 13.0 Å². The van der Waals surface area contributed by atoms with Gasteiger partial charge < -0.3 is 105 Å². The highest BCUT2D eigenvalue weighted by molar-refractivity contribution is 5.29. The maximum absolute atomic E-state index is 12.2. The normalized spacial score (nSPS) is 55.3. The zero-order chi connectivity index (χ0) is 47.9. The van der Waals surface area contributed by atoms with Crippen LogP contribution in [0.3, 0.4) is 0 Å². The molecule has 4 aliphatic heterocycles. The van der Waals surface area contributed by atoms with E-state index in [0.29, 0.717) is 38.5 Å². The third-order valence-corrected chi connectivity index (χ3v) is 17.4. The van der Waals surface area contributed by atoms with E-state index >= 15 is 0 Å². The van der Waals surface area contributed by atoms with E-state index in [-0.39, 0.29) is 60.1 Å². The molecule has 4 aliphatic carbocycles. The minimum atomic E-state index is -1.74. The maximum Gasteiger partial charge on any atom is 0.186 e. The van der Waals surface area contributed by atoms with Crippen LogP contribution in [0.5, 0.6) is 0 Å². The van der Waals surface area contributed by atoms with Gasteiger partial charge in [0.15, 0.2) is 24.7 Å². The molecule has 21 nitrogen and oxygen atoms in total. The summed E-state index contributed by atoms with van der Waals surface area (Å²) in [7, 11) is 0. The number of hydrogen-bond donors (Lipinski definition) is 14. The lowest BCUT2D eigenvalue weighted by atomic mass is 9.45. The quantitative estimate of drug-likeness (QED) is 0.0785. The van der Waals surface area contributed by atoms with Crippen LogP contribution < -0.4 is 0 Å². The van der Waals surface area contributed by atoms with Crippen LogP contribution in [0.15, 0.2) is 11.6 Å². The van der Waals surface area contributed by atoms with Gasteiger partial charge in [-0.1, -0.05) is 39.3 Å². The molecule has 4 saturated heterocycles. The van der Waals surface area contributed by atoms with Crippen LogP contribution in [0.4, 0.5) is 0 Å². The molecule has 0 aromatic rings. The lowest BCUT2D eigenvalue weighted by Gasteiger charge is -2.61. The van der Waals surface area contributed by atoms with E-state index in [0.717, 1.165) is 5.57 Å². The first-order valence-corrected chi connectivity index (χ1v) is 23.7. The molecule has 21 heteroatoms. The van der Waals surface area contributed by atoms with Crippen LogP contribution in [0.25, 0.3) is 0 Å². The van der Waals surface area contributed by atoms with Crippen molar-refractivity contribution in [1.82, 2.24) is 0 Å². The van der Waals surface area contributed by atoms with Crippen molar-refractivity contribution in [2.24, 2.45) is 46.3 Å². The smallest absolute Gasteiger partial charge is 0.186 e. The highest BCUT2D eigenvalue weighted by atomic mass is 16.7. The molecule has 4 heterocycles. The standard InChI is InChI=1S/C45H74O21/c1-17(15-60-40-37(56)34(53)31(50)25(13-46)63-40)7-8-45(59)18(2)29-24(66-45)11-22-21-6-5-19-9-20(10-28(49)44(19,4)30(21)23(48)12-43(22,29)3)62-42-39(58)36(55)33(52)27(65-42)16-61-41-38(57)35(54)32(51)26(14-47)64-41/h5,17-18,20-42,46-59H,6-16H2,1-4H3. The van der Waals surface area contributed by atoms with Crippen LogP contribution in [0, 0.1) is 46.3 Å². The fraction of sp³-hybridized carbons (Fsp3) is 0.956. The van der Waals surface area contributed by atoms with Gasteiger partial charge in [-0.2, -0.15) is 0 Å². The summed E-state index contributed by atoms with van der Waals surface area (Å²) in [5, 5.41) is 149. The number of fused-ring (bicyclic) bond motifs is 7. The van der Waals surface area contributed by atoms with Crippen molar-refractivity contribution in [3.8, 4) is 0 Å². The van der Waals surface area contributed by atoms with Crippen molar-refractivity contribution in [3.05, 3.63) is 11.6 Å². The molecular formula is C45H74O21. The molecule has 0 spiro atoms. The largest absolute Gasteiger partial charge is 0.394 e. The van der Waals surface area contributed by atoms with E-state index < -0.39 is 141 Å². The fourth-order valence-corrected chi connectivity index (χ4v) is 13.6. The molecule has 66 heavy (non-hydrogen) atoms. The molecule has 8 rings (SSSR count). The van der Waals surface area contributed by atoms with Crippen molar-refractivity contribution < 1.29 is 105 Å². The van der Waals surface area contributed by atoms with Crippen LogP contribution in [0.2, 0.25) is 0 Å². The average molecular weight is 951 g/mol. The molecule has 0 radical (unpaired) electrons. The molecule has 28 atom stereocenters. The second-order valence-electron chi connectivity index (χ2n) is 21.3. The lowest BCUT2D eigenvalue weighted by Crippen LogP contribution is -2.63. The van der Waals surface area contributed by atoms with Gasteiger partial charge in [-0.25, -0.2) is 0 Å². The number of hydrogen-bond acceptors (Lipinski definition) is 21. The Hall–Kier alpha value is -1.10. The minimum absolute atomic E-state index is 0.00158. The van der Waals surface area contributed by atoms with Crippen molar-refractivity contribution >= 4 is 0 Å². The first-order valence-electron chi connectivity index (χ1n) is 23.7. The molecule has 380 valence electrons. The summed E-state index contributed by atoms with van der Waals surface area (Å²) in [5.41, 5.74) is -0.320. The van der Waals surface area contributed by atoms with Crippen molar-refractivity contribution in [2.45, 2.75) is 195 Å². The van der Waals surface area contributed by atoms with Gasteiger partial charge in [-0.05, 0) is 67.1 Å². The molecule has 0 aromatic heterocycles. The summed E-state index contributed by atoms with van der Waals surface area (Å²) < 4.78 is 40.9. The van der Waals surface area contributed by atoms with Crippen molar-refractivity contribution in [1.29, 1.82) is 0 Å². The molecule has 0 aromatic carbocycles. The molecule has 28 unspecified atom stereocenters. The van der Waals surface area contributed by atoms with E-state index in [1.165, 1.54) is 0 Å². The Morgan fingerprint density at radius 3 is 1.88 bits per heavy atom. The molecule has 3 saturated carbocycles. The first-order chi connectivity index (χ1) is 31.1. The molecule has 7 fully saturated rings. The zero-order valence-electron chi connectivity index (χ0n) is 37.9. The van der Waals surface area contributed by atoms with E-state index in [9.17, 15) is 71.5 Å². The summed E-state index contributed by atoms with van der Waals surface area (Å²) in [4.78, 5) is 0. The Morgan fingerprint density at radius 2 is 1.27 bits per heavy atom. The van der Waals surface area contributed by atoms with E-state index in [4.69, 9.17) is 33.2 Å². The Balaban J connectivity index is 0.882. The van der Waals surface area contributed by atoms with Crippen molar-refractivity contribution in [2.75, 3.05) is 26.4 Å². The number of rotatable bonds is 13. The van der Waals surface area contributed by atoms with Crippen LogP contribution in [-0.2, 0) is 33.2 Å². The number of aliphatic hydroxyl groups is 14. The van der Waals surface area contributed by atoms with E-state index in [1.54, 1.807) is 0 Å². The van der Waals surface area contributed by atoms with Gasteiger partial charge in [0.05, 0.1) is 50.8 Å². The molecule has 8 aliphatic rings. The third-order valence-electron chi connectivity index (χ3n) is 17.4.